The minimum absolute atomic E-state index is 0.612. The van der Waals surface area contributed by atoms with Crippen molar-refractivity contribution in [2.24, 2.45) is 0 Å². The predicted octanol–water partition coefficient (Wildman–Crippen LogP) is 13.1. The Labute approximate surface area is 304 Å². The highest BCUT2D eigenvalue weighted by atomic mass is 16.3. The van der Waals surface area contributed by atoms with Gasteiger partial charge in [-0.1, -0.05) is 140 Å². The van der Waals surface area contributed by atoms with Crippen molar-refractivity contribution in [2.75, 3.05) is 0 Å². The zero-order chi connectivity index (χ0) is 34.9. The first-order chi connectivity index (χ1) is 26.2. The molecule has 0 fully saturated rings. The van der Waals surface area contributed by atoms with Crippen LogP contribution in [0.1, 0.15) is 0 Å². The first kappa shape index (κ1) is 29.5. The molecule has 0 saturated heterocycles. The third-order valence-corrected chi connectivity index (χ3v) is 10.5. The van der Waals surface area contributed by atoms with Gasteiger partial charge in [0.2, 0.25) is 0 Å². The average molecular weight is 676 g/mol. The fourth-order valence-corrected chi connectivity index (χ4v) is 7.85. The van der Waals surface area contributed by atoms with Crippen LogP contribution in [0.4, 0.5) is 0 Å². The fourth-order valence-electron chi connectivity index (χ4n) is 7.85. The van der Waals surface area contributed by atoms with E-state index in [1.54, 1.807) is 0 Å². The maximum absolute atomic E-state index is 6.79. The molecule has 0 unspecified atom stereocenters. The van der Waals surface area contributed by atoms with Crippen molar-refractivity contribution >= 4 is 65.0 Å². The van der Waals surface area contributed by atoms with Crippen LogP contribution >= 0.6 is 0 Å². The van der Waals surface area contributed by atoms with Gasteiger partial charge in [0.15, 0.2) is 17.5 Å². The topological polar surface area (TPSA) is 51.8 Å². The summed E-state index contributed by atoms with van der Waals surface area (Å²) < 4.78 is 6.79. The molecule has 2 heterocycles. The summed E-state index contributed by atoms with van der Waals surface area (Å²) in [5.41, 5.74) is 6.68. The van der Waals surface area contributed by atoms with Crippen molar-refractivity contribution < 1.29 is 4.42 Å². The first-order valence-corrected chi connectivity index (χ1v) is 17.8. The van der Waals surface area contributed by atoms with Crippen LogP contribution in [0.25, 0.3) is 110 Å². The Balaban J connectivity index is 1.12. The monoisotopic (exact) mass is 675 g/mol. The number of fused-ring (bicyclic) bond motifs is 8. The van der Waals surface area contributed by atoms with Crippen LogP contribution in [0.5, 0.6) is 0 Å². The second kappa shape index (κ2) is 11.7. The number of rotatable bonds is 4. The molecule has 0 saturated carbocycles. The third-order valence-electron chi connectivity index (χ3n) is 10.5. The van der Waals surface area contributed by atoms with E-state index < -0.39 is 0 Å². The Hall–Kier alpha value is -7.17. The van der Waals surface area contributed by atoms with Gasteiger partial charge in [-0.15, -0.1) is 0 Å². The lowest BCUT2D eigenvalue weighted by molar-refractivity contribution is 0.670. The van der Waals surface area contributed by atoms with Crippen LogP contribution in [-0.2, 0) is 0 Å². The van der Waals surface area contributed by atoms with Crippen LogP contribution in [0, 0.1) is 0 Å². The van der Waals surface area contributed by atoms with Crippen molar-refractivity contribution in [3.63, 3.8) is 0 Å². The largest absolute Gasteiger partial charge is 0.455 e. The van der Waals surface area contributed by atoms with Gasteiger partial charge in [-0.05, 0) is 85.1 Å². The lowest BCUT2D eigenvalue weighted by Crippen LogP contribution is -2.00. The average Bonchev–Trinajstić information content (AvgIpc) is 3.59. The van der Waals surface area contributed by atoms with Crippen LogP contribution in [0.2, 0.25) is 0 Å². The van der Waals surface area contributed by atoms with Gasteiger partial charge in [0, 0.05) is 33.0 Å². The van der Waals surface area contributed by atoms with Crippen molar-refractivity contribution in [2.45, 2.75) is 0 Å². The highest BCUT2D eigenvalue weighted by molar-refractivity contribution is 6.19. The summed E-state index contributed by atoms with van der Waals surface area (Å²) >= 11 is 0. The molecule has 11 rings (SSSR count). The number of benzene rings is 9. The first-order valence-electron chi connectivity index (χ1n) is 17.8. The van der Waals surface area contributed by atoms with Gasteiger partial charge in [0.1, 0.15) is 11.2 Å². The minimum Gasteiger partial charge on any atom is -0.455 e. The molecular formula is C49H29N3O. The lowest BCUT2D eigenvalue weighted by Gasteiger charge is -2.11. The zero-order valence-corrected chi connectivity index (χ0v) is 28.5. The molecule has 2 aromatic heterocycles. The van der Waals surface area contributed by atoms with Crippen LogP contribution in [-0.4, -0.2) is 15.0 Å². The van der Waals surface area contributed by atoms with Gasteiger partial charge in [-0.25, -0.2) is 15.0 Å². The Morgan fingerprint density at radius 3 is 1.68 bits per heavy atom. The normalized spacial score (nSPS) is 11.8. The van der Waals surface area contributed by atoms with Crippen molar-refractivity contribution in [3.8, 4) is 45.3 Å². The Bertz CT molecular complexity index is 3240. The summed E-state index contributed by atoms with van der Waals surface area (Å²) in [5.74, 6) is 1.88. The van der Waals surface area contributed by atoms with E-state index in [4.69, 9.17) is 19.4 Å². The summed E-state index contributed by atoms with van der Waals surface area (Å²) in [6.07, 6.45) is 0. The van der Waals surface area contributed by atoms with E-state index in [0.29, 0.717) is 17.5 Å². The van der Waals surface area contributed by atoms with E-state index in [1.165, 1.54) is 26.9 Å². The molecule has 0 radical (unpaired) electrons. The van der Waals surface area contributed by atoms with Crippen LogP contribution in [0.3, 0.4) is 0 Å². The van der Waals surface area contributed by atoms with E-state index in [0.717, 1.165) is 65.9 Å². The number of nitrogens with zero attached hydrogens (tertiary/aromatic N) is 3. The third kappa shape index (κ3) is 4.88. The van der Waals surface area contributed by atoms with Gasteiger partial charge in [-0.3, -0.25) is 0 Å². The smallest absolute Gasteiger partial charge is 0.164 e. The standard InChI is InChI=1S/C49H29N3O/c1-2-12-32(13-3-1)47-50-48(37-21-18-30-10-4-5-14-33(30)26-37)52-49(51-47)38-23-25-44-42(29-38)43-28-34-15-7-9-17-41(34)45(46(43)53-44)36-22-24-40-35(27-36)20-19-31-11-6-8-16-39(31)40/h1-29H. The molecule has 0 bridgehead atoms. The van der Waals surface area contributed by atoms with Crippen molar-refractivity contribution in [1.29, 1.82) is 0 Å². The molecule has 4 nitrogen and oxygen atoms in total. The molecule has 0 aliphatic heterocycles. The second-order valence-corrected chi connectivity index (χ2v) is 13.6. The molecule has 9 aromatic carbocycles. The summed E-state index contributed by atoms with van der Waals surface area (Å²) in [6, 6.07) is 61.7. The van der Waals surface area contributed by atoms with Gasteiger partial charge in [0.05, 0.1) is 0 Å². The predicted molar refractivity (Wildman–Crippen MR) is 219 cm³/mol. The Morgan fingerprint density at radius 2 is 0.849 bits per heavy atom. The summed E-state index contributed by atoms with van der Waals surface area (Å²) in [5, 5.41) is 11.7. The van der Waals surface area contributed by atoms with Gasteiger partial charge < -0.3 is 4.42 Å². The van der Waals surface area contributed by atoms with Crippen LogP contribution in [0.15, 0.2) is 180 Å². The van der Waals surface area contributed by atoms with Crippen molar-refractivity contribution in [3.05, 3.63) is 176 Å². The van der Waals surface area contributed by atoms with Gasteiger partial charge in [-0.2, -0.15) is 0 Å². The highest BCUT2D eigenvalue weighted by Gasteiger charge is 2.19. The molecule has 53 heavy (non-hydrogen) atoms. The maximum atomic E-state index is 6.79. The van der Waals surface area contributed by atoms with E-state index in [-0.39, 0.29) is 0 Å². The fraction of sp³-hybridized carbons (Fsp3) is 0. The molecule has 4 heteroatoms. The number of hydrogen-bond acceptors (Lipinski definition) is 4. The van der Waals surface area contributed by atoms with Gasteiger partial charge >= 0.3 is 0 Å². The van der Waals surface area contributed by atoms with Gasteiger partial charge in [0.25, 0.3) is 0 Å². The molecule has 0 amide bonds. The maximum Gasteiger partial charge on any atom is 0.164 e. The summed E-state index contributed by atoms with van der Waals surface area (Å²) in [6.45, 7) is 0. The molecule has 0 atom stereocenters. The van der Waals surface area contributed by atoms with Crippen molar-refractivity contribution in [1.82, 2.24) is 15.0 Å². The molecule has 0 aliphatic carbocycles. The minimum atomic E-state index is 0.612. The molecule has 0 aliphatic rings. The molecular weight excluding hydrogens is 647 g/mol. The quantitative estimate of drug-likeness (QED) is 0.174. The molecule has 0 N–H and O–H groups in total. The zero-order valence-electron chi connectivity index (χ0n) is 28.5. The number of aromatic nitrogens is 3. The Kier molecular flexibility index (Phi) is 6.52. The van der Waals surface area contributed by atoms with E-state index in [9.17, 15) is 0 Å². The lowest BCUT2D eigenvalue weighted by atomic mass is 9.92. The number of furan rings is 1. The Morgan fingerprint density at radius 1 is 0.302 bits per heavy atom. The number of hydrogen-bond donors (Lipinski definition) is 0. The van der Waals surface area contributed by atoms with E-state index >= 15 is 0 Å². The highest BCUT2D eigenvalue weighted by Crippen LogP contribution is 2.43. The SMILES string of the molecule is c1ccc(-c2nc(-c3ccc4ccccc4c3)nc(-c3ccc4oc5c(-c6ccc7c(ccc8ccccc87)c6)c6ccccc6cc5c4c3)n2)cc1. The molecule has 11 aromatic rings. The van der Waals surface area contributed by atoms with E-state index in [1.807, 2.05) is 36.4 Å². The summed E-state index contributed by atoms with van der Waals surface area (Å²) in [4.78, 5) is 15.1. The summed E-state index contributed by atoms with van der Waals surface area (Å²) in [7, 11) is 0. The van der Waals surface area contributed by atoms with E-state index in [2.05, 4.69) is 140 Å². The molecule has 246 valence electrons. The van der Waals surface area contributed by atoms with Crippen LogP contribution < -0.4 is 0 Å². The molecule has 0 spiro atoms. The second-order valence-electron chi connectivity index (χ2n) is 13.6.